The molecule has 0 unspecified atom stereocenters. The number of aromatic amines is 1. The molecule has 0 radical (unpaired) electrons. The van der Waals surface area contributed by atoms with E-state index < -0.39 is 22.2 Å². The summed E-state index contributed by atoms with van der Waals surface area (Å²) in [5.41, 5.74) is -1.79. The molecular weight excluding hydrogens is 303 g/mol. The molecule has 2 aromatic rings. The summed E-state index contributed by atoms with van der Waals surface area (Å²) in [4.78, 5) is 25.8. The van der Waals surface area contributed by atoms with E-state index in [9.17, 15) is 14.0 Å². The number of rotatable bonds is 1. The van der Waals surface area contributed by atoms with E-state index in [1.165, 1.54) is 12.1 Å². The van der Waals surface area contributed by atoms with E-state index in [1.807, 2.05) is 0 Å². The number of halogens is 2. The van der Waals surface area contributed by atoms with Crippen LogP contribution in [-0.4, -0.2) is 22.8 Å². The average Bonchev–Trinajstić information content (AvgIpc) is 2.69. The van der Waals surface area contributed by atoms with Crippen molar-refractivity contribution in [3.8, 4) is 17.2 Å². The molecule has 2 heterocycles. The maximum Gasteiger partial charge on any atom is 0.334 e. The molecule has 0 aliphatic carbocycles. The minimum absolute atomic E-state index is 0.168. The fourth-order valence-corrected chi connectivity index (χ4v) is 2.18. The monoisotopic (exact) mass is 312 g/mol. The number of fused-ring (bicyclic) bond motifs is 1. The van der Waals surface area contributed by atoms with Gasteiger partial charge in [-0.1, -0.05) is 11.6 Å². The summed E-state index contributed by atoms with van der Waals surface area (Å²) >= 11 is 5.43. The molecule has 0 bridgehead atoms. The van der Waals surface area contributed by atoms with Crippen LogP contribution < -0.4 is 20.7 Å². The zero-order valence-corrected chi connectivity index (χ0v) is 11.4. The lowest BCUT2D eigenvalue weighted by molar-refractivity contribution is 0.297. The molecule has 0 spiro atoms. The third kappa shape index (κ3) is 2.40. The van der Waals surface area contributed by atoms with Crippen LogP contribution in [0.25, 0.3) is 5.69 Å². The lowest BCUT2D eigenvalue weighted by Gasteiger charge is -2.10. The molecule has 1 aliphatic heterocycles. The Morgan fingerprint density at radius 1 is 1.19 bits per heavy atom. The van der Waals surface area contributed by atoms with Gasteiger partial charge >= 0.3 is 5.69 Å². The number of H-pyrrole nitrogens is 1. The summed E-state index contributed by atoms with van der Waals surface area (Å²) in [5.74, 6) is -0.315. The van der Waals surface area contributed by atoms with Crippen LogP contribution in [0.3, 0.4) is 0 Å². The zero-order valence-electron chi connectivity index (χ0n) is 10.7. The van der Waals surface area contributed by atoms with Gasteiger partial charge in [0.05, 0.1) is 18.9 Å². The number of hydrogen-bond donors (Lipinski definition) is 1. The van der Waals surface area contributed by atoms with Gasteiger partial charge in [-0.15, -0.1) is 0 Å². The Morgan fingerprint density at radius 3 is 2.67 bits per heavy atom. The first-order chi connectivity index (χ1) is 10.1. The quantitative estimate of drug-likeness (QED) is 0.810. The number of ether oxygens (including phenoxy) is 2. The predicted molar refractivity (Wildman–Crippen MR) is 73.2 cm³/mol. The van der Waals surface area contributed by atoms with Crippen LogP contribution in [-0.2, 0) is 0 Å². The second-order valence-electron chi connectivity index (χ2n) is 4.38. The molecular formula is C13H10ClFN2O4. The minimum atomic E-state index is -1.22. The van der Waals surface area contributed by atoms with Gasteiger partial charge in [-0.05, 0) is 12.1 Å². The SMILES string of the molecule is O=c1[nH]c(Cl)c(F)c(=O)n1-c1ccc2c(c1)OCCCO2. The Morgan fingerprint density at radius 2 is 1.90 bits per heavy atom. The Labute approximate surface area is 122 Å². The number of nitrogens with one attached hydrogen (secondary N) is 1. The van der Waals surface area contributed by atoms with Crippen molar-refractivity contribution in [2.24, 2.45) is 0 Å². The van der Waals surface area contributed by atoms with Gasteiger partial charge < -0.3 is 9.47 Å². The smallest absolute Gasteiger partial charge is 0.334 e. The van der Waals surface area contributed by atoms with Gasteiger partial charge in [0.2, 0.25) is 5.82 Å². The minimum Gasteiger partial charge on any atom is -0.490 e. The van der Waals surface area contributed by atoms with E-state index in [4.69, 9.17) is 21.1 Å². The molecule has 1 aliphatic rings. The third-order valence-electron chi connectivity index (χ3n) is 2.99. The highest BCUT2D eigenvalue weighted by Crippen LogP contribution is 2.31. The maximum atomic E-state index is 13.6. The summed E-state index contributed by atoms with van der Waals surface area (Å²) < 4.78 is 25.1. The maximum absolute atomic E-state index is 13.6. The number of hydrogen-bond acceptors (Lipinski definition) is 4. The summed E-state index contributed by atoms with van der Waals surface area (Å²) in [6, 6.07) is 4.48. The molecule has 3 rings (SSSR count). The summed E-state index contributed by atoms with van der Waals surface area (Å²) in [6.07, 6.45) is 0.722. The molecule has 8 heteroatoms. The van der Waals surface area contributed by atoms with Crippen molar-refractivity contribution in [1.82, 2.24) is 9.55 Å². The van der Waals surface area contributed by atoms with Crippen LogP contribution in [0.2, 0.25) is 5.15 Å². The molecule has 0 saturated heterocycles. The van der Waals surface area contributed by atoms with E-state index in [0.29, 0.717) is 29.3 Å². The van der Waals surface area contributed by atoms with E-state index >= 15 is 0 Å². The van der Waals surface area contributed by atoms with Gasteiger partial charge in [0.1, 0.15) is 0 Å². The van der Waals surface area contributed by atoms with Crippen LogP contribution in [0, 0.1) is 5.82 Å². The molecule has 6 nitrogen and oxygen atoms in total. The topological polar surface area (TPSA) is 73.3 Å². The summed E-state index contributed by atoms with van der Waals surface area (Å²) in [6.45, 7) is 0.971. The van der Waals surface area contributed by atoms with E-state index in [2.05, 4.69) is 4.98 Å². The highest BCUT2D eigenvalue weighted by molar-refractivity contribution is 6.29. The second-order valence-corrected chi connectivity index (χ2v) is 4.76. The first-order valence-corrected chi connectivity index (χ1v) is 6.56. The summed E-state index contributed by atoms with van der Waals surface area (Å²) in [7, 11) is 0. The fourth-order valence-electron chi connectivity index (χ4n) is 2.01. The molecule has 1 aromatic carbocycles. The normalized spacial score (nSPS) is 13.8. The first kappa shape index (κ1) is 13.7. The van der Waals surface area contributed by atoms with Gasteiger partial charge in [0.15, 0.2) is 16.7 Å². The Balaban J connectivity index is 2.18. The number of nitrogens with zero attached hydrogens (tertiary/aromatic N) is 1. The van der Waals surface area contributed by atoms with Crippen LogP contribution >= 0.6 is 11.6 Å². The molecule has 1 aromatic heterocycles. The molecule has 0 saturated carbocycles. The van der Waals surface area contributed by atoms with Crippen molar-refractivity contribution in [1.29, 1.82) is 0 Å². The van der Waals surface area contributed by atoms with Crippen molar-refractivity contribution in [2.45, 2.75) is 6.42 Å². The largest absolute Gasteiger partial charge is 0.490 e. The van der Waals surface area contributed by atoms with Crippen molar-refractivity contribution in [2.75, 3.05) is 13.2 Å². The highest BCUT2D eigenvalue weighted by Gasteiger charge is 2.16. The number of aromatic nitrogens is 2. The molecule has 110 valence electrons. The molecule has 21 heavy (non-hydrogen) atoms. The lowest BCUT2D eigenvalue weighted by atomic mass is 10.2. The standard InChI is InChI=1S/C13H10ClFN2O4/c14-11-10(15)12(18)17(13(19)16-11)7-2-3-8-9(6-7)21-5-1-4-20-8/h2-3,6H,1,4-5H2,(H,16,19). The van der Waals surface area contributed by atoms with Crippen LogP contribution in [0.1, 0.15) is 6.42 Å². The summed E-state index contributed by atoms with van der Waals surface area (Å²) in [5, 5.41) is -0.615. The van der Waals surface area contributed by atoms with E-state index in [-0.39, 0.29) is 5.69 Å². The van der Waals surface area contributed by atoms with Crippen LogP contribution in [0.15, 0.2) is 27.8 Å². The fraction of sp³-hybridized carbons (Fsp3) is 0.231. The zero-order chi connectivity index (χ0) is 15.0. The van der Waals surface area contributed by atoms with Crippen molar-refractivity contribution in [3.05, 3.63) is 50.0 Å². The van der Waals surface area contributed by atoms with Crippen molar-refractivity contribution >= 4 is 11.6 Å². The molecule has 0 fully saturated rings. The first-order valence-electron chi connectivity index (χ1n) is 6.18. The van der Waals surface area contributed by atoms with Gasteiger partial charge in [0.25, 0.3) is 5.56 Å². The molecule has 0 amide bonds. The average molecular weight is 313 g/mol. The number of benzene rings is 1. The Kier molecular flexibility index (Phi) is 3.42. The third-order valence-corrected chi connectivity index (χ3v) is 3.25. The predicted octanol–water partition coefficient (Wildman–Crippen LogP) is 1.48. The van der Waals surface area contributed by atoms with Crippen molar-refractivity contribution in [3.63, 3.8) is 0 Å². The van der Waals surface area contributed by atoms with E-state index in [1.54, 1.807) is 6.07 Å². The van der Waals surface area contributed by atoms with Gasteiger partial charge in [-0.25, -0.2) is 9.36 Å². The lowest BCUT2D eigenvalue weighted by Crippen LogP contribution is -2.35. The highest BCUT2D eigenvalue weighted by atomic mass is 35.5. The van der Waals surface area contributed by atoms with Crippen molar-refractivity contribution < 1.29 is 13.9 Å². The second kappa shape index (κ2) is 5.25. The van der Waals surface area contributed by atoms with Crippen LogP contribution in [0.4, 0.5) is 4.39 Å². The molecule has 1 N–H and O–H groups in total. The Bertz CT molecular complexity index is 815. The van der Waals surface area contributed by atoms with Gasteiger partial charge in [-0.2, -0.15) is 4.39 Å². The van der Waals surface area contributed by atoms with Gasteiger partial charge in [0, 0.05) is 12.5 Å². The van der Waals surface area contributed by atoms with Gasteiger partial charge in [-0.3, -0.25) is 9.78 Å². The Hall–Kier alpha value is -2.28. The van der Waals surface area contributed by atoms with Crippen LogP contribution in [0.5, 0.6) is 11.5 Å². The van der Waals surface area contributed by atoms with E-state index in [0.717, 1.165) is 6.42 Å². The molecule has 0 atom stereocenters.